The maximum atomic E-state index is 5.70. The van der Waals surface area contributed by atoms with Crippen molar-refractivity contribution >= 4 is 5.82 Å². The van der Waals surface area contributed by atoms with Gasteiger partial charge in [-0.25, -0.2) is 4.98 Å². The fraction of sp³-hybridized carbons (Fsp3) is 0.643. The predicted molar refractivity (Wildman–Crippen MR) is 72.6 cm³/mol. The van der Waals surface area contributed by atoms with Gasteiger partial charge in [-0.2, -0.15) is 0 Å². The summed E-state index contributed by atoms with van der Waals surface area (Å²) in [7, 11) is 0. The molecular formula is C14H24N2O. The quantitative estimate of drug-likeness (QED) is 0.780. The molecule has 3 heteroatoms. The lowest BCUT2D eigenvalue weighted by Crippen LogP contribution is -2.33. The van der Waals surface area contributed by atoms with Crippen LogP contribution >= 0.6 is 0 Å². The van der Waals surface area contributed by atoms with E-state index in [4.69, 9.17) is 4.74 Å². The van der Waals surface area contributed by atoms with Crippen LogP contribution in [0.3, 0.4) is 0 Å². The number of hydrogen-bond donors (Lipinski definition) is 1. The van der Waals surface area contributed by atoms with Gasteiger partial charge in [0.25, 0.3) is 0 Å². The Bertz CT molecular complexity index is 335. The summed E-state index contributed by atoms with van der Waals surface area (Å²) in [4.78, 5) is 4.38. The first-order chi connectivity index (χ1) is 8.15. The zero-order valence-corrected chi connectivity index (χ0v) is 11.4. The van der Waals surface area contributed by atoms with Gasteiger partial charge < -0.3 is 10.1 Å². The molecule has 0 radical (unpaired) electrons. The summed E-state index contributed by atoms with van der Waals surface area (Å²) in [5.74, 6) is 1.70. The summed E-state index contributed by atoms with van der Waals surface area (Å²) in [6.07, 6.45) is 4.93. The summed E-state index contributed by atoms with van der Waals surface area (Å²) < 4.78 is 5.70. The van der Waals surface area contributed by atoms with Crippen molar-refractivity contribution < 1.29 is 4.74 Å². The highest BCUT2D eigenvalue weighted by molar-refractivity contribution is 5.51. The van der Waals surface area contributed by atoms with Gasteiger partial charge in [-0.15, -0.1) is 0 Å². The van der Waals surface area contributed by atoms with Crippen LogP contribution in [-0.4, -0.2) is 17.1 Å². The Labute approximate surface area is 105 Å². The Kier molecular flexibility index (Phi) is 5.26. The molecule has 1 rings (SSSR count). The second-order valence-corrected chi connectivity index (χ2v) is 4.59. The molecule has 3 nitrogen and oxygen atoms in total. The van der Waals surface area contributed by atoms with Gasteiger partial charge in [0, 0.05) is 11.7 Å². The van der Waals surface area contributed by atoms with E-state index in [9.17, 15) is 0 Å². The Morgan fingerprint density at radius 1 is 1.29 bits per heavy atom. The van der Waals surface area contributed by atoms with Crippen molar-refractivity contribution in [1.29, 1.82) is 0 Å². The van der Waals surface area contributed by atoms with Crippen molar-refractivity contribution in [1.82, 2.24) is 4.98 Å². The molecule has 1 aromatic rings. The molecule has 0 unspecified atom stereocenters. The highest BCUT2D eigenvalue weighted by Crippen LogP contribution is 2.27. The minimum atomic E-state index is 0.0820. The van der Waals surface area contributed by atoms with Crippen LogP contribution in [0.2, 0.25) is 0 Å². The molecule has 0 saturated carbocycles. The van der Waals surface area contributed by atoms with Crippen LogP contribution in [0.15, 0.2) is 18.3 Å². The van der Waals surface area contributed by atoms with E-state index in [0.717, 1.165) is 37.4 Å². The maximum Gasteiger partial charge on any atom is 0.169 e. The van der Waals surface area contributed by atoms with Crippen molar-refractivity contribution in [3.63, 3.8) is 0 Å². The SMILES string of the molecule is CCCOc1cccnc1NC(C)(CC)CC. The van der Waals surface area contributed by atoms with Crippen LogP contribution in [0.1, 0.15) is 47.0 Å². The van der Waals surface area contributed by atoms with Crippen LogP contribution in [0.4, 0.5) is 5.82 Å². The molecule has 0 aliphatic heterocycles. The number of pyridine rings is 1. The zero-order chi connectivity index (χ0) is 12.7. The minimum absolute atomic E-state index is 0.0820. The molecule has 0 fully saturated rings. The maximum absolute atomic E-state index is 5.70. The number of ether oxygens (including phenoxy) is 1. The van der Waals surface area contributed by atoms with E-state index in [-0.39, 0.29) is 5.54 Å². The third-order valence-corrected chi connectivity index (χ3v) is 3.21. The summed E-state index contributed by atoms with van der Waals surface area (Å²) in [5.41, 5.74) is 0.0820. The van der Waals surface area contributed by atoms with Crippen LogP contribution in [0.5, 0.6) is 5.75 Å². The molecular weight excluding hydrogens is 212 g/mol. The largest absolute Gasteiger partial charge is 0.490 e. The molecule has 96 valence electrons. The first-order valence-electron chi connectivity index (χ1n) is 6.51. The van der Waals surface area contributed by atoms with Gasteiger partial charge in [0.15, 0.2) is 11.6 Å². The van der Waals surface area contributed by atoms with Gasteiger partial charge in [-0.3, -0.25) is 0 Å². The second kappa shape index (κ2) is 6.48. The Hall–Kier alpha value is -1.25. The fourth-order valence-corrected chi connectivity index (χ4v) is 1.53. The van der Waals surface area contributed by atoms with E-state index in [1.54, 1.807) is 6.20 Å². The number of aromatic nitrogens is 1. The van der Waals surface area contributed by atoms with E-state index in [1.165, 1.54) is 0 Å². The number of hydrogen-bond acceptors (Lipinski definition) is 3. The summed E-state index contributed by atoms with van der Waals surface area (Å²) >= 11 is 0. The molecule has 0 bridgehead atoms. The molecule has 17 heavy (non-hydrogen) atoms. The highest BCUT2D eigenvalue weighted by atomic mass is 16.5. The molecule has 0 aliphatic carbocycles. The number of nitrogens with zero attached hydrogens (tertiary/aromatic N) is 1. The third-order valence-electron chi connectivity index (χ3n) is 3.21. The highest BCUT2D eigenvalue weighted by Gasteiger charge is 2.21. The van der Waals surface area contributed by atoms with Crippen molar-refractivity contribution in [2.45, 2.75) is 52.5 Å². The third kappa shape index (κ3) is 3.91. The van der Waals surface area contributed by atoms with Crippen LogP contribution < -0.4 is 10.1 Å². The molecule has 0 aromatic carbocycles. The zero-order valence-electron chi connectivity index (χ0n) is 11.4. The molecule has 1 heterocycles. The van der Waals surface area contributed by atoms with Gasteiger partial charge in [-0.1, -0.05) is 20.8 Å². The van der Waals surface area contributed by atoms with Crippen molar-refractivity contribution in [3.8, 4) is 5.75 Å². The predicted octanol–water partition coefficient (Wildman–Crippen LogP) is 3.86. The Morgan fingerprint density at radius 2 is 2.00 bits per heavy atom. The lowest BCUT2D eigenvalue weighted by molar-refractivity contribution is 0.316. The van der Waals surface area contributed by atoms with Crippen molar-refractivity contribution in [2.75, 3.05) is 11.9 Å². The average molecular weight is 236 g/mol. The standard InChI is InChI=1S/C14H24N2O/c1-5-11-17-12-9-8-10-15-13(12)16-14(4,6-2)7-3/h8-10H,5-7,11H2,1-4H3,(H,15,16). The van der Waals surface area contributed by atoms with Crippen molar-refractivity contribution in [2.24, 2.45) is 0 Å². The van der Waals surface area contributed by atoms with Gasteiger partial charge in [0.1, 0.15) is 0 Å². The Morgan fingerprint density at radius 3 is 2.59 bits per heavy atom. The summed E-state index contributed by atoms with van der Waals surface area (Å²) in [6.45, 7) is 9.42. The van der Waals surface area contributed by atoms with E-state index >= 15 is 0 Å². The van der Waals surface area contributed by atoms with Gasteiger partial charge in [-0.05, 0) is 38.3 Å². The van der Waals surface area contributed by atoms with Gasteiger partial charge in [0.05, 0.1) is 6.61 Å². The molecule has 1 aromatic heterocycles. The molecule has 0 saturated heterocycles. The second-order valence-electron chi connectivity index (χ2n) is 4.59. The topological polar surface area (TPSA) is 34.1 Å². The number of nitrogens with one attached hydrogen (secondary N) is 1. The molecule has 0 atom stereocenters. The monoisotopic (exact) mass is 236 g/mol. The van der Waals surface area contributed by atoms with E-state index in [1.807, 2.05) is 12.1 Å². The summed E-state index contributed by atoms with van der Waals surface area (Å²) in [6, 6.07) is 3.88. The normalized spacial score (nSPS) is 11.3. The van der Waals surface area contributed by atoms with E-state index in [0.29, 0.717) is 0 Å². The smallest absolute Gasteiger partial charge is 0.169 e. The lowest BCUT2D eigenvalue weighted by atomic mass is 9.95. The van der Waals surface area contributed by atoms with Gasteiger partial charge >= 0.3 is 0 Å². The summed E-state index contributed by atoms with van der Waals surface area (Å²) in [5, 5.41) is 3.50. The fourth-order valence-electron chi connectivity index (χ4n) is 1.53. The number of anilines is 1. The number of rotatable bonds is 7. The van der Waals surface area contributed by atoms with Gasteiger partial charge in [0.2, 0.25) is 0 Å². The Balaban J connectivity index is 2.82. The van der Waals surface area contributed by atoms with E-state index in [2.05, 4.69) is 38.0 Å². The minimum Gasteiger partial charge on any atom is -0.490 e. The first kappa shape index (κ1) is 13.8. The first-order valence-corrected chi connectivity index (χ1v) is 6.51. The van der Waals surface area contributed by atoms with Crippen molar-refractivity contribution in [3.05, 3.63) is 18.3 Å². The molecule has 0 spiro atoms. The van der Waals surface area contributed by atoms with Crippen LogP contribution in [0.25, 0.3) is 0 Å². The molecule has 0 aliphatic rings. The lowest BCUT2D eigenvalue weighted by Gasteiger charge is -2.29. The van der Waals surface area contributed by atoms with Crippen LogP contribution in [-0.2, 0) is 0 Å². The average Bonchev–Trinajstić information content (AvgIpc) is 2.37. The molecule has 1 N–H and O–H groups in total. The molecule has 0 amide bonds. The van der Waals surface area contributed by atoms with E-state index < -0.39 is 0 Å². The van der Waals surface area contributed by atoms with Crippen LogP contribution in [0, 0.1) is 0 Å².